The van der Waals surface area contributed by atoms with Crippen LogP contribution in [0.1, 0.15) is 58.4 Å². The summed E-state index contributed by atoms with van der Waals surface area (Å²) in [7, 11) is 1.94. The lowest BCUT2D eigenvalue weighted by molar-refractivity contribution is -0.177. The number of amides is 1. The number of aliphatic hydroxyl groups is 2. The molecule has 4 N–H and O–H groups in total. The summed E-state index contributed by atoms with van der Waals surface area (Å²) in [5.41, 5.74) is 1.87. The lowest BCUT2D eigenvalue weighted by Crippen LogP contribution is -2.61. The molecule has 1 spiro atoms. The molecule has 8 atom stereocenters. The van der Waals surface area contributed by atoms with Gasteiger partial charge in [0.15, 0.2) is 0 Å². The fraction of sp³-hybridized carbons (Fsp3) is 0.571. The van der Waals surface area contributed by atoms with E-state index in [2.05, 4.69) is 32.5 Å². The van der Waals surface area contributed by atoms with Crippen LogP contribution in [0.3, 0.4) is 0 Å². The highest BCUT2D eigenvalue weighted by molar-refractivity contribution is 6.04. The average Bonchev–Trinajstić information content (AvgIpc) is 3.31. The molecule has 3 fully saturated rings. The molecule has 0 bridgehead atoms. The standard InChI is InChI=1S/C35H44N6O6/c1-20(30(44)40-32-36-11-12-37-32)39-24(23-15-22(47-31(23)45)13-21-5-6-26-25(14-21)38-19-41(26)4)16-28-33(2)9-8-29(43)34(3,17-42)27(33)7-10-35(28)18-46-35/h5-6,11,13-15,19-20,24,27-29,39,42-43H,7-10,12,16-18H2,1-4H3,(H,37,40,44)/b22-13+/t20?,24?,27?,28?,29-,33+,34+,35?/m1/s1. The number of nitrogens with zero attached hydrogens (tertiary/aromatic N) is 4. The Morgan fingerprint density at radius 2 is 2.06 bits per heavy atom. The number of rotatable bonds is 8. The lowest BCUT2D eigenvalue weighted by atomic mass is 9.44. The number of aliphatic imine (C=N–C) groups is 2. The van der Waals surface area contributed by atoms with E-state index in [0.717, 1.165) is 35.9 Å². The molecule has 2 aromatic rings. The number of carbonyl (C=O) groups is 2. The number of nitrogens with one attached hydrogen (secondary N) is 2. The number of aryl methyl sites for hydroxylation is 1. The summed E-state index contributed by atoms with van der Waals surface area (Å²) in [6, 6.07) is 4.66. The van der Waals surface area contributed by atoms with E-state index in [1.54, 1.807) is 25.5 Å². The van der Waals surface area contributed by atoms with E-state index in [1.807, 2.05) is 42.8 Å². The van der Waals surface area contributed by atoms with E-state index in [0.29, 0.717) is 37.3 Å². The highest BCUT2D eigenvalue weighted by Crippen LogP contribution is 2.66. The number of aromatic nitrogens is 2. The van der Waals surface area contributed by atoms with Crippen LogP contribution < -0.4 is 10.6 Å². The number of epoxide rings is 1. The zero-order valence-electron chi connectivity index (χ0n) is 27.4. The second-order valence-corrected chi connectivity index (χ2v) is 14.5. The third-order valence-electron chi connectivity index (χ3n) is 11.7. The maximum atomic E-state index is 13.6. The number of imidazole rings is 1. The molecule has 12 heteroatoms. The molecule has 7 rings (SSSR count). The summed E-state index contributed by atoms with van der Waals surface area (Å²) in [6.07, 6.45) is 9.91. The number of guanidine groups is 1. The van der Waals surface area contributed by atoms with Gasteiger partial charge in [-0.15, -0.1) is 0 Å². The minimum Gasteiger partial charge on any atom is -0.423 e. The molecular formula is C35H44N6O6. The van der Waals surface area contributed by atoms with Crippen LogP contribution in [0.4, 0.5) is 0 Å². The SMILES string of the molecule is CC(NC(CC1C2(CCC3[C@]1(C)CC[C@@H](O)[C@@]3(C)CO)CO2)C1=C/C(=C\c2ccc3c(c2)ncn3C)OC1=O)C(=O)NC1=NCC=N1. The van der Waals surface area contributed by atoms with E-state index < -0.39 is 29.6 Å². The van der Waals surface area contributed by atoms with Gasteiger partial charge in [-0.05, 0) is 86.1 Å². The van der Waals surface area contributed by atoms with Crippen molar-refractivity contribution in [3.05, 3.63) is 47.5 Å². The maximum absolute atomic E-state index is 13.6. The van der Waals surface area contributed by atoms with Crippen molar-refractivity contribution in [3.8, 4) is 0 Å². The van der Waals surface area contributed by atoms with Crippen molar-refractivity contribution in [1.82, 2.24) is 20.2 Å². The Balaban J connectivity index is 1.22. The molecule has 1 saturated heterocycles. The van der Waals surface area contributed by atoms with Gasteiger partial charge in [0, 0.05) is 24.7 Å². The number of aliphatic hydroxyl groups excluding tert-OH is 2. The summed E-state index contributed by atoms with van der Waals surface area (Å²) in [4.78, 5) is 39.6. The summed E-state index contributed by atoms with van der Waals surface area (Å²) in [6.45, 7) is 6.96. The first-order chi connectivity index (χ1) is 22.5. The monoisotopic (exact) mass is 644 g/mol. The minimum absolute atomic E-state index is 0.00279. The first kappa shape index (κ1) is 31.9. The zero-order valence-corrected chi connectivity index (χ0v) is 27.4. The first-order valence-corrected chi connectivity index (χ1v) is 16.6. The Kier molecular flexibility index (Phi) is 7.98. The van der Waals surface area contributed by atoms with Crippen molar-refractivity contribution in [2.75, 3.05) is 19.8 Å². The predicted molar refractivity (Wildman–Crippen MR) is 176 cm³/mol. The van der Waals surface area contributed by atoms with Gasteiger partial charge in [-0.2, -0.15) is 0 Å². The third kappa shape index (κ3) is 5.54. The molecule has 4 heterocycles. The number of esters is 1. The van der Waals surface area contributed by atoms with Crippen molar-refractivity contribution < 1.29 is 29.3 Å². The average molecular weight is 645 g/mol. The Bertz CT molecular complexity index is 1720. The number of fused-ring (bicyclic) bond motifs is 2. The Hall–Kier alpha value is -3.71. The van der Waals surface area contributed by atoms with Crippen molar-refractivity contribution in [1.29, 1.82) is 0 Å². The molecule has 5 aliphatic rings. The lowest BCUT2D eigenvalue weighted by Gasteiger charge is -2.61. The largest absolute Gasteiger partial charge is 0.423 e. The molecule has 3 aliphatic heterocycles. The van der Waals surface area contributed by atoms with E-state index in [1.165, 1.54) is 0 Å². The van der Waals surface area contributed by atoms with Gasteiger partial charge >= 0.3 is 5.97 Å². The minimum atomic E-state index is -0.689. The zero-order chi connectivity index (χ0) is 33.1. The van der Waals surface area contributed by atoms with Gasteiger partial charge in [0.05, 0.1) is 60.4 Å². The number of hydrogen-bond acceptors (Lipinski definition) is 10. The fourth-order valence-corrected chi connectivity index (χ4v) is 8.93. The smallest absolute Gasteiger partial charge is 0.341 e. The predicted octanol–water partition coefficient (Wildman–Crippen LogP) is 2.65. The van der Waals surface area contributed by atoms with Crippen LogP contribution >= 0.6 is 0 Å². The van der Waals surface area contributed by atoms with Crippen LogP contribution in [-0.2, 0) is 26.1 Å². The molecule has 1 amide bonds. The van der Waals surface area contributed by atoms with Gasteiger partial charge < -0.3 is 24.3 Å². The highest BCUT2D eigenvalue weighted by Gasteiger charge is 2.67. The Morgan fingerprint density at radius 1 is 1.26 bits per heavy atom. The van der Waals surface area contributed by atoms with Crippen LogP contribution in [-0.4, -0.2) is 87.4 Å². The molecule has 0 radical (unpaired) electrons. The summed E-state index contributed by atoms with van der Waals surface area (Å²) in [5.74, 6) is -0.0309. The van der Waals surface area contributed by atoms with E-state index in [9.17, 15) is 19.8 Å². The van der Waals surface area contributed by atoms with E-state index in [4.69, 9.17) is 9.47 Å². The van der Waals surface area contributed by atoms with Gasteiger partial charge in [-0.3, -0.25) is 15.4 Å². The third-order valence-corrected chi connectivity index (χ3v) is 11.7. The second-order valence-electron chi connectivity index (χ2n) is 14.5. The number of hydrogen-bond donors (Lipinski definition) is 4. The van der Waals surface area contributed by atoms with Gasteiger partial charge in [-0.1, -0.05) is 19.9 Å². The van der Waals surface area contributed by atoms with Gasteiger partial charge in [0.2, 0.25) is 11.9 Å². The topological polar surface area (TPSA) is 163 Å². The normalized spacial score (nSPS) is 35.1. The van der Waals surface area contributed by atoms with Crippen molar-refractivity contribution in [3.63, 3.8) is 0 Å². The van der Waals surface area contributed by atoms with Gasteiger partial charge in [0.25, 0.3) is 0 Å². The van der Waals surface area contributed by atoms with Crippen molar-refractivity contribution in [2.24, 2.45) is 39.7 Å². The molecule has 1 aromatic heterocycles. The van der Waals surface area contributed by atoms with Crippen molar-refractivity contribution >= 4 is 41.2 Å². The quantitative estimate of drug-likeness (QED) is 0.252. The molecule has 2 aliphatic carbocycles. The molecular weight excluding hydrogens is 600 g/mol. The highest BCUT2D eigenvalue weighted by atomic mass is 16.6. The van der Waals surface area contributed by atoms with Crippen LogP contribution in [0, 0.1) is 22.7 Å². The number of benzene rings is 1. The molecule has 12 nitrogen and oxygen atoms in total. The van der Waals surface area contributed by atoms with E-state index >= 15 is 0 Å². The summed E-state index contributed by atoms with van der Waals surface area (Å²) >= 11 is 0. The molecule has 1 aromatic carbocycles. The Morgan fingerprint density at radius 3 is 2.79 bits per heavy atom. The fourth-order valence-electron chi connectivity index (χ4n) is 8.93. The van der Waals surface area contributed by atoms with Crippen LogP contribution in [0.15, 0.2) is 51.9 Å². The number of allylic oxidation sites excluding steroid dienone is 1. The van der Waals surface area contributed by atoms with E-state index in [-0.39, 0.29) is 41.3 Å². The summed E-state index contributed by atoms with van der Waals surface area (Å²) < 4.78 is 14.0. The van der Waals surface area contributed by atoms with Crippen LogP contribution in [0.5, 0.6) is 0 Å². The van der Waals surface area contributed by atoms with Crippen LogP contribution in [0.2, 0.25) is 0 Å². The maximum Gasteiger partial charge on any atom is 0.341 e. The summed E-state index contributed by atoms with van der Waals surface area (Å²) in [5, 5.41) is 27.8. The van der Waals surface area contributed by atoms with Crippen LogP contribution in [0.25, 0.3) is 17.1 Å². The molecule has 47 heavy (non-hydrogen) atoms. The second kappa shape index (κ2) is 11.8. The molecule has 250 valence electrons. The molecule has 5 unspecified atom stereocenters. The van der Waals surface area contributed by atoms with Gasteiger partial charge in [0.1, 0.15) is 5.76 Å². The molecule has 2 saturated carbocycles. The number of ether oxygens (including phenoxy) is 2. The van der Waals surface area contributed by atoms with Crippen molar-refractivity contribution in [2.45, 2.75) is 76.7 Å². The number of cyclic esters (lactones) is 1. The Labute approximate surface area is 274 Å². The first-order valence-electron chi connectivity index (χ1n) is 16.6. The van der Waals surface area contributed by atoms with Gasteiger partial charge in [-0.25, -0.2) is 19.8 Å². The number of carbonyl (C=O) groups excluding carboxylic acids is 2.